The first-order valence-electron chi connectivity index (χ1n) is 9.58. The normalized spacial score (nSPS) is 30.2. The molecule has 6 nitrogen and oxygen atoms in total. The van der Waals surface area contributed by atoms with Gasteiger partial charge in [0.15, 0.2) is 6.10 Å². The van der Waals surface area contributed by atoms with Crippen molar-refractivity contribution in [3.05, 3.63) is 11.6 Å². The molecule has 6 heteroatoms. The molecule has 1 saturated heterocycles. The Labute approximate surface area is 156 Å². The van der Waals surface area contributed by atoms with Crippen molar-refractivity contribution in [2.75, 3.05) is 13.7 Å². The molecule has 0 aromatic rings. The van der Waals surface area contributed by atoms with Crippen LogP contribution in [0.15, 0.2) is 11.6 Å². The van der Waals surface area contributed by atoms with E-state index >= 15 is 0 Å². The maximum absolute atomic E-state index is 12.2. The van der Waals surface area contributed by atoms with Crippen LogP contribution < -0.4 is 0 Å². The molecule has 1 aliphatic carbocycles. The minimum absolute atomic E-state index is 0.0288. The number of cyclic esters (lactones) is 1. The predicted octanol–water partition coefficient (Wildman–Crippen LogP) is 3.18. The van der Waals surface area contributed by atoms with E-state index in [-0.39, 0.29) is 30.9 Å². The highest BCUT2D eigenvalue weighted by molar-refractivity contribution is 5.74. The molecule has 1 aliphatic heterocycles. The van der Waals surface area contributed by atoms with Gasteiger partial charge in [0, 0.05) is 13.5 Å². The van der Waals surface area contributed by atoms with Gasteiger partial charge in [-0.1, -0.05) is 11.6 Å². The molecule has 3 unspecified atom stereocenters. The van der Waals surface area contributed by atoms with Gasteiger partial charge in [-0.15, -0.1) is 0 Å². The Balaban J connectivity index is 1.78. The zero-order chi connectivity index (χ0) is 19.1. The molecule has 0 radical (unpaired) electrons. The van der Waals surface area contributed by atoms with Gasteiger partial charge < -0.3 is 18.9 Å². The average molecular weight is 368 g/mol. The number of carbonyl (C=O) groups is 2. The van der Waals surface area contributed by atoms with E-state index in [0.29, 0.717) is 12.3 Å². The van der Waals surface area contributed by atoms with Crippen molar-refractivity contribution >= 4 is 11.9 Å². The van der Waals surface area contributed by atoms with Gasteiger partial charge in [0.05, 0.1) is 12.2 Å². The highest BCUT2D eigenvalue weighted by Gasteiger charge is 2.33. The third-order valence-corrected chi connectivity index (χ3v) is 4.97. The highest BCUT2D eigenvalue weighted by atomic mass is 16.6. The van der Waals surface area contributed by atoms with E-state index < -0.39 is 12.1 Å². The standard InChI is InChI=1S/C20H32O6/c1-13(2)10-15-8-9-17(18(11-15)23-4)25-14(3)20(22)24-12-16-6-5-7-19(21)26-16/h10,14-18H,5-9,11-12H2,1-4H3/t14?,15?,16?,17-,18-/m1/s1. The van der Waals surface area contributed by atoms with Gasteiger partial charge >= 0.3 is 11.9 Å². The van der Waals surface area contributed by atoms with Crippen molar-refractivity contribution in [1.29, 1.82) is 0 Å². The molecule has 0 spiro atoms. The van der Waals surface area contributed by atoms with Crippen molar-refractivity contribution < 1.29 is 28.5 Å². The van der Waals surface area contributed by atoms with Crippen LogP contribution in [-0.2, 0) is 28.5 Å². The van der Waals surface area contributed by atoms with Crippen LogP contribution in [0.3, 0.4) is 0 Å². The molecule has 0 bridgehead atoms. The minimum Gasteiger partial charge on any atom is -0.460 e. The van der Waals surface area contributed by atoms with E-state index in [0.717, 1.165) is 32.1 Å². The number of allylic oxidation sites excluding steroid dienone is 2. The molecule has 0 aromatic heterocycles. The minimum atomic E-state index is -0.669. The second-order valence-electron chi connectivity index (χ2n) is 7.54. The Morgan fingerprint density at radius 2 is 2.04 bits per heavy atom. The second kappa shape index (κ2) is 10.1. The number of rotatable bonds is 7. The van der Waals surface area contributed by atoms with Crippen LogP contribution in [0.4, 0.5) is 0 Å². The maximum atomic E-state index is 12.2. The van der Waals surface area contributed by atoms with Gasteiger partial charge in [-0.25, -0.2) is 4.79 Å². The van der Waals surface area contributed by atoms with Gasteiger partial charge in [0.2, 0.25) is 0 Å². The number of methoxy groups -OCH3 is 1. The van der Waals surface area contributed by atoms with Crippen LogP contribution >= 0.6 is 0 Å². The first-order chi connectivity index (χ1) is 12.4. The van der Waals surface area contributed by atoms with Crippen molar-refractivity contribution in [2.45, 2.75) is 83.7 Å². The smallest absolute Gasteiger partial charge is 0.335 e. The van der Waals surface area contributed by atoms with Crippen LogP contribution in [-0.4, -0.2) is 50.1 Å². The van der Waals surface area contributed by atoms with Gasteiger partial charge in [0.25, 0.3) is 0 Å². The molecular weight excluding hydrogens is 336 g/mol. The van der Waals surface area contributed by atoms with Gasteiger partial charge in [-0.2, -0.15) is 0 Å². The lowest BCUT2D eigenvalue weighted by atomic mass is 9.84. The van der Waals surface area contributed by atoms with Gasteiger partial charge in [-0.3, -0.25) is 4.79 Å². The fourth-order valence-corrected chi connectivity index (χ4v) is 3.66. The molecule has 2 rings (SSSR count). The van der Waals surface area contributed by atoms with Crippen LogP contribution in [0.25, 0.3) is 0 Å². The lowest BCUT2D eigenvalue weighted by molar-refractivity contribution is -0.176. The first-order valence-corrected chi connectivity index (χ1v) is 9.58. The van der Waals surface area contributed by atoms with E-state index in [4.69, 9.17) is 18.9 Å². The largest absolute Gasteiger partial charge is 0.460 e. The third kappa shape index (κ3) is 6.40. The molecule has 0 N–H and O–H groups in total. The maximum Gasteiger partial charge on any atom is 0.335 e. The van der Waals surface area contributed by atoms with Crippen molar-refractivity contribution in [3.63, 3.8) is 0 Å². The van der Waals surface area contributed by atoms with E-state index in [2.05, 4.69) is 19.9 Å². The summed E-state index contributed by atoms with van der Waals surface area (Å²) in [6.45, 7) is 6.00. The third-order valence-electron chi connectivity index (χ3n) is 4.97. The van der Waals surface area contributed by atoms with E-state index in [1.54, 1.807) is 14.0 Å². The number of esters is 2. The first kappa shape index (κ1) is 20.9. The van der Waals surface area contributed by atoms with Crippen LogP contribution in [0.5, 0.6) is 0 Å². The summed E-state index contributed by atoms with van der Waals surface area (Å²) >= 11 is 0. The molecule has 5 atom stereocenters. The number of carbonyl (C=O) groups excluding carboxylic acids is 2. The Bertz CT molecular complexity index is 510. The molecule has 2 fully saturated rings. The van der Waals surface area contributed by atoms with Crippen LogP contribution in [0.2, 0.25) is 0 Å². The molecule has 148 valence electrons. The van der Waals surface area contributed by atoms with Crippen molar-refractivity contribution in [1.82, 2.24) is 0 Å². The molecular formula is C20H32O6. The van der Waals surface area contributed by atoms with Crippen LogP contribution in [0, 0.1) is 5.92 Å². The summed E-state index contributed by atoms with van der Waals surface area (Å²) in [7, 11) is 1.69. The molecule has 1 saturated carbocycles. The Kier molecular flexibility index (Phi) is 8.10. The number of hydrogen-bond donors (Lipinski definition) is 0. The number of ether oxygens (including phenoxy) is 4. The summed E-state index contributed by atoms with van der Waals surface area (Å²) in [6, 6.07) is 0. The monoisotopic (exact) mass is 368 g/mol. The van der Waals surface area contributed by atoms with Gasteiger partial charge in [0.1, 0.15) is 12.7 Å². The fourth-order valence-electron chi connectivity index (χ4n) is 3.66. The average Bonchev–Trinajstić information content (AvgIpc) is 2.60. The quantitative estimate of drug-likeness (QED) is 0.508. The van der Waals surface area contributed by atoms with Gasteiger partial charge in [-0.05, 0) is 58.8 Å². The lowest BCUT2D eigenvalue weighted by Gasteiger charge is -2.35. The van der Waals surface area contributed by atoms with Crippen molar-refractivity contribution in [3.8, 4) is 0 Å². The highest BCUT2D eigenvalue weighted by Crippen LogP contribution is 2.30. The number of hydrogen-bond acceptors (Lipinski definition) is 6. The summed E-state index contributed by atoms with van der Waals surface area (Å²) in [5.41, 5.74) is 1.31. The van der Waals surface area contributed by atoms with Crippen molar-refractivity contribution in [2.24, 2.45) is 5.92 Å². The summed E-state index contributed by atoms with van der Waals surface area (Å²) in [5, 5.41) is 0. The zero-order valence-electron chi connectivity index (χ0n) is 16.4. The molecule has 0 aromatic carbocycles. The Hall–Kier alpha value is -1.40. The Morgan fingerprint density at radius 3 is 2.69 bits per heavy atom. The summed E-state index contributed by atoms with van der Waals surface area (Å²) in [4.78, 5) is 23.5. The summed E-state index contributed by atoms with van der Waals surface area (Å²) in [6.07, 6.45) is 5.85. The van der Waals surface area contributed by atoms with E-state index in [1.165, 1.54) is 5.57 Å². The SMILES string of the molecule is CO[C@@H]1CC(C=C(C)C)CC[C@H]1OC(C)C(=O)OCC1CCCC(=O)O1. The van der Waals surface area contributed by atoms with Crippen LogP contribution in [0.1, 0.15) is 59.3 Å². The predicted molar refractivity (Wildman–Crippen MR) is 96.6 cm³/mol. The molecule has 2 aliphatic rings. The molecule has 26 heavy (non-hydrogen) atoms. The lowest BCUT2D eigenvalue weighted by Crippen LogP contribution is -2.41. The second-order valence-corrected chi connectivity index (χ2v) is 7.54. The summed E-state index contributed by atoms with van der Waals surface area (Å²) < 4.78 is 22.0. The fraction of sp³-hybridized carbons (Fsp3) is 0.800. The van der Waals surface area contributed by atoms with E-state index in [9.17, 15) is 9.59 Å². The molecule has 1 heterocycles. The topological polar surface area (TPSA) is 71.1 Å². The zero-order valence-corrected chi connectivity index (χ0v) is 16.4. The molecule has 0 amide bonds. The van der Waals surface area contributed by atoms with E-state index in [1.807, 2.05) is 0 Å². The summed E-state index contributed by atoms with van der Waals surface area (Å²) in [5.74, 6) is -0.154. The Morgan fingerprint density at radius 1 is 1.27 bits per heavy atom.